The van der Waals surface area contributed by atoms with Crippen molar-refractivity contribution in [3.05, 3.63) is 35.4 Å². The van der Waals surface area contributed by atoms with E-state index >= 15 is 0 Å². The zero-order chi connectivity index (χ0) is 10.5. The Balaban J connectivity index is 4.38. The molecule has 0 aliphatic carbocycles. The first kappa shape index (κ1) is 13.3. The quantitative estimate of drug-likeness (QED) is 0.401. The molecule has 0 heterocycles. The smallest absolute Gasteiger partial charge is 0.0793 e. The first-order valence-corrected chi connectivity index (χ1v) is 5.59. The predicted molar refractivity (Wildman–Crippen MR) is 65.9 cm³/mol. The number of allylic oxidation sites excluding steroid dienone is 4. The van der Waals surface area contributed by atoms with Crippen LogP contribution in [0.3, 0.4) is 0 Å². The fourth-order valence-electron chi connectivity index (χ4n) is 0.573. The summed E-state index contributed by atoms with van der Waals surface area (Å²) in [4.78, 5) is 1.23. The molecule has 0 aromatic heterocycles. The Morgan fingerprint density at radius 3 is 2.54 bits per heavy atom. The zero-order valence-corrected chi connectivity index (χ0v) is 10.8. The SMILES string of the molecule is C=C[C@@](C)(Cl)[C@@H](Cl)C=CC(C)=CBr. The molecule has 0 fully saturated rings. The third-order valence-corrected chi connectivity index (χ3v) is 3.46. The molecular formula is C10H13BrCl2. The van der Waals surface area contributed by atoms with Crippen molar-refractivity contribution in [2.24, 2.45) is 0 Å². The maximum absolute atomic E-state index is 6.07. The molecule has 13 heavy (non-hydrogen) atoms. The summed E-state index contributed by atoms with van der Waals surface area (Å²) in [6, 6.07) is 0. The van der Waals surface area contributed by atoms with Gasteiger partial charge < -0.3 is 0 Å². The van der Waals surface area contributed by atoms with Gasteiger partial charge in [-0.05, 0) is 24.4 Å². The van der Waals surface area contributed by atoms with Crippen LogP contribution in [0.5, 0.6) is 0 Å². The topological polar surface area (TPSA) is 0 Å². The molecule has 0 radical (unpaired) electrons. The number of hydrogen-bond donors (Lipinski definition) is 0. The van der Waals surface area contributed by atoms with Gasteiger partial charge in [0.25, 0.3) is 0 Å². The van der Waals surface area contributed by atoms with Crippen LogP contribution in [-0.2, 0) is 0 Å². The van der Waals surface area contributed by atoms with Crippen LogP contribution in [0.1, 0.15) is 13.8 Å². The van der Waals surface area contributed by atoms with Crippen LogP contribution in [0, 0.1) is 0 Å². The monoisotopic (exact) mass is 282 g/mol. The summed E-state index contributed by atoms with van der Waals surface area (Å²) in [7, 11) is 0. The van der Waals surface area contributed by atoms with Crippen LogP contribution in [0.4, 0.5) is 0 Å². The summed E-state index contributed by atoms with van der Waals surface area (Å²) in [6.07, 6.45) is 5.41. The first-order chi connectivity index (χ1) is 5.94. The van der Waals surface area contributed by atoms with Gasteiger partial charge in [-0.3, -0.25) is 0 Å². The molecule has 0 aliphatic rings. The molecule has 74 valence electrons. The number of halogens is 3. The fraction of sp³-hybridized carbons (Fsp3) is 0.400. The van der Waals surface area contributed by atoms with Gasteiger partial charge in [0.2, 0.25) is 0 Å². The van der Waals surface area contributed by atoms with Crippen LogP contribution in [0.25, 0.3) is 0 Å². The van der Waals surface area contributed by atoms with Crippen molar-refractivity contribution in [2.75, 3.05) is 0 Å². The Morgan fingerprint density at radius 1 is 1.62 bits per heavy atom. The molecule has 0 aliphatic heterocycles. The molecule has 0 unspecified atom stereocenters. The standard InChI is InChI=1S/C10H13BrCl2/c1-4-10(3,13)9(12)6-5-8(2)7-11/h4-7,9H,1H2,2-3H3/t9-,10+/m0/s1. The van der Waals surface area contributed by atoms with Gasteiger partial charge in [0.15, 0.2) is 0 Å². The molecule has 3 heteroatoms. The summed E-state index contributed by atoms with van der Waals surface area (Å²) in [5.74, 6) is 0. The second-order valence-electron chi connectivity index (χ2n) is 2.97. The number of hydrogen-bond acceptors (Lipinski definition) is 0. The minimum absolute atomic E-state index is 0.255. The Bertz CT molecular complexity index is 229. The lowest BCUT2D eigenvalue weighted by Crippen LogP contribution is -2.24. The molecule has 0 saturated heterocycles. The molecule has 0 bridgehead atoms. The van der Waals surface area contributed by atoms with E-state index in [-0.39, 0.29) is 5.38 Å². The highest BCUT2D eigenvalue weighted by molar-refractivity contribution is 9.11. The van der Waals surface area contributed by atoms with E-state index in [1.54, 1.807) is 6.08 Å². The summed E-state index contributed by atoms with van der Waals surface area (Å²) >= 11 is 15.3. The lowest BCUT2D eigenvalue weighted by Gasteiger charge is -2.20. The van der Waals surface area contributed by atoms with Crippen molar-refractivity contribution in [3.63, 3.8) is 0 Å². The molecular weight excluding hydrogens is 271 g/mol. The number of rotatable bonds is 4. The van der Waals surface area contributed by atoms with Crippen LogP contribution in [0.2, 0.25) is 0 Å². The lowest BCUT2D eigenvalue weighted by molar-refractivity contribution is 0.801. The van der Waals surface area contributed by atoms with E-state index < -0.39 is 4.87 Å². The average Bonchev–Trinajstić information content (AvgIpc) is 2.13. The molecule has 0 aromatic carbocycles. The van der Waals surface area contributed by atoms with E-state index in [1.807, 2.05) is 31.0 Å². The Morgan fingerprint density at radius 2 is 2.15 bits per heavy atom. The van der Waals surface area contributed by atoms with E-state index in [9.17, 15) is 0 Å². The third-order valence-electron chi connectivity index (χ3n) is 1.64. The van der Waals surface area contributed by atoms with Gasteiger partial charge in [-0.25, -0.2) is 0 Å². The minimum Gasteiger partial charge on any atom is -0.116 e. The van der Waals surface area contributed by atoms with E-state index in [2.05, 4.69) is 22.5 Å². The average molecular weight is 284 g/mol. The molecule has 0 saturated carbocycles. The third kappa shape index (κ3) is 4.90. The van der Waals surface area contributed by atoms with Gasteiger partial charge in [-0.1, -0.05) is 34.2 Å². The van der Waals surface area contributed by atoms with Crippen LogP contribution in [-0.4, -0.2) is 10.3 Å². The Labute approximate surface area is 98.4 Å². The van der Waals surface area contributed by atoms with Crippen molar-refractivity contribution in [2.45, 2.75) is 24.1 Å². The molecule has 0 rings (SSSR count). The van der Waals surface area contributed by atoms with Crippen LogP contribution < -0.4 is 0 Å². The zero-order valence-electron chi connectivity index (χ0n) is 7.73. The highest BCUT2D eigenvalue weighted by atomic mass is 79.9. The van der Waals surface area contributed by atoms with Gasteiger partial charge in [0.05, 0.1) is 10.3 Å². The van der Waals surface area contributed by atoms with Gasteiger partial charge >= 0.3 is 0 Å². The maximum atomic E-state index is 6.07. The fourth-order valence-corrected chi connectivity index (χ4v) is 0.961. The van der Waals surface area contributed by atoms with Gasteiger partial charge in [0, 0.05) is 0 Å². The highest BCUT2D eigenvalue weighted by Gasteiger charge is 2.24. The van der Waals surface area contributed by atoms with E-state index in [1.165, 1.54) is 0 Å². The van der Waals surface area contributed by atoms with E-state index in [0.717, 1.165) is 5.57 Å². The van der Waals surface area contributed by atoms with E-state index in [4.69, 9.17) is 23.2 Å². The maximum Gasteiger partial charge on any atom is 0.0793 e. The second kappa shape index (κ2) is 5.90. The second-order valence-corrected chi connectivity index (χ2v) is 4.71. The van der Waals surface area contributed by atoms with Crippen molar-refractivity contribution < 1.29 is 0 Å². The summed E-state index contributed by atoms with van der Waals surface area (Å²) in [5.41, 5.74) is 1.09. The van der Waals surface area contributed by atoms with Crippen LogP contribution in [0.15, 0.2) is 35.4 Å². The summed E-state index contributed by atoms with van der Waals surface area (Å²) < 4.78 is 0. The Hall–Kier alpha value is 0.280. The van der Waals surface area contributed by atoms with E-state index in [0.29, 0.717) is 0 Å². The number of alkyl halides is 2. The van der Waals surface area contributed by atoms with Crippen molar-refractivity contribution in [1.29, 1.82) is 0 Å². The lowest BCUT2D eigenvalue weighted by atomic mass is 10.1. The van der Waals surface area contributed by atoms with Crippen molar-refractivity contribution in [1.82, 2.24) is 0 Å². The van der Waals surface area contributed by atoms with Gasteiger partial charge in [0.1, 0.15) is 0 Å². The van der Waals surface area contributed by atoms with Crippen molar-refractivity contribution in [3.8, 4) is 0 Å². The van der Waals surface area contributed by atoms with Crippen LogP contribution >= 0.6 is 39.1 Å². The molecule has 0 nitrogen and oxygen atoms in total. The molecule has 0 N–H and O–H groups in total. The van der Waals surface area contributed by atoms with Gasteiger partial charge in [-0.15, -0.1) is 29.8 Å². The molecule has 0 amide bonds. The molecule has 0 aromatic rings. The summed E-state index contributed by atoms with van der Waals surface area (Å²) in [6.45, 7) is 7.42. The Kier molecular flexibility index (Phi) is 6.02. The van der Waals surface area contributed by atoms with Crippen molar-refractivity contribution >= 4 is 39.1 Å². The largest absolute Gasteiger partial charge is 0.116 e. The summed E-state index contributed by atoms with van der Waals surface area (Å²) in [5, 5.41) is -0.255. The minimum atomic E-state index is -0.593. The highest BCUT2D eigenvalue weighted by Crippen LogP contribution is 2.26. The molecule has 0 spiro atoms. The molecule has 2 atom stereocenters. The van der Waals surface area contributed by atoms with Gasteiger partial charge in [-0.2, -0.15) is 0 Å². The first-order valence-electron chi connectivity index (χ1n) is 3.86. The predicted octanol–water partition coefficient (Wildman–Crippen LogP) is 4.63. The normalized spacial score (nSPS) is 19.9.